The van der Waals surface area contributed by atoms with Gasteiger partial charge in [-0.3, -0.25) is 9.59 Å². The highest BCUT2D eigenvalue weighted by Gasteiger charge is 2.28. The third kappa shape index (κ3) is 4.95. The van der Waals surface area contributed by atoms with Gasteiger partial charge in [-0.15, -0.1) is 0 Å². The minimum atomic E-state index is -0.950. The van der Waals surface area contributed by atoms with Gasteiger partial charge >= 0.3 is 0 Å². The predicted octanol–water partition coefficient (Wildman–Crippen LogP) is 4.54. The first kappa shape index (κ1) is 22.3. The maximum atomic E-state index is 14.0. The van der Waals surface area contributed by atoms with Gasteiger partial charge in [0.2, 0.25) is 0 Å². The molecule has 6 nitrogen and oxygen atoms in total. The average Bonchev–Trinajstić information content (AvgIpc) is 2.90. The summed E-state index contributed by atoms with van der Waals surface area (Å²) in [7, 11) is 1.58. The second kappa shape index (κ2) is 9.28. The summed E-state index contributed by atoms with van der Waals surface area (Å²) in [5.41, 5.74) is 1.71. The number of methoxy groups -OCH3 is 1. The maximum absolute atomic E-state index is 14.0. The van der Waals surface area contributed by atoms with Gasteiger partial charge in [-0.05, 0) is 55.0 Å². The number of hydrogen-bond donors (Lipinski definition) is 1. The van der Waals surface area contributed by atoms with Crippen molar-refractivity contribution >= 4 is 17.5 Å². The van der Waals surface area contributed by atoms with Gasteiger partial charge in [0, 0.05) is 30.4 Å². The molecule has 0 aromatic heterocycles. The number of anilines is 1. The van der Waals surface area contributed by atoms with E-state index in [1.807, 2.05) is 24.3 Å². The van der Waals surface area contributed by atoms with Crippen LogP contribution < -0.4 is 14.8 Å². The van der Waals surface area contributed by atoms with E-state index in [4.69, 9.17) is 9.47 Å². The Morgan fingerprint density at radius 1 is 1.15 bits per heavy atom. The Morgan fingerprint density at radius 3 is 2.73 bits per heavy atom. The quantitative estimate of drug-likeness (QED) is 0.618. The van der Waals surface area contributed by atoms with Crippen molar-refractivity contribution in [1.82, 2.24) is 4.90 Å². The molecule has 33 heavy (non-hydrogen) atoms. The van der Waals surface area contributed by atoms with E-state index >= 15 is 0 Å². The Balaban J connectivity index is 1.57. The Bertz CT molecular complexity index is 1210. The topological polar surface area (TPSA) is 67.9 Å². The number of carbonyl (C=O) groups excluding carboxylic acids is 2. The first-order chi connectivity index (χ1) is 15.8. The van der Waals surface area contributed by atoms with Gasteiger partial charge in [-0.25, -0.2) is 8.78 Å². The summed E-state index contributed by atoms with van der Waals surface area (Å²) < 4.78 is 38.2. The lowest BCUT2D eigenvalue weighted by atomic mass is 10.1. The Kier molecular flexibility index (Phi) is 6.26. The second-order valence-electron chi connectivity index (χ2n) is 7.71. The summed E-state index contributed by atoms with van der Waals surface area (Å²) in [5, 5.41) is 2.61. The zero-order valence-corrected chi connectivity index (χ0v) is 18.1. The van der Waals surface area contributed by atoms with Gasteiger partial charge < -0.3 is 19.7 Å². The number of hydrogen-bond acceptors (Lipinski definition) is 4. The number of benzene rings is 3. The molecule has 1 heterocycles. The van der Waals surface area contributed by atoms with E-state index in [1.54, 1.807) is 37.1 Å². The highest BCUT2D eigenvalue weighted by Crippen LogP contribution is 2.30. The second-order valence-corrected chi connectivity index (χ2v) is 7.71. The number of halogens is 2. The van der Waals surface area contributed by atoms with Crippen LogP contribution in [0.2, 0.25) is 0 Å². The van der Waals surface area contributed by atoms with Crippen LogP contribution in [0.5, 0.6) is 11.5 Å². The molecule has 170 valence electrons. The summed E-state index contributed by atoms with van der Waals surface area (Å²) in [5.74, 6) is -1.38. The zero-order chi connectivity index (χ0) is 23.5. The third-order valence-corrected chi connectivity index (χ3v) is 5.33. The van der Waals surface area contributed by atoms with E-state index < -0.39 is 23.6 Å². The molecule has 2 amide bonds. The van der Waals surface area contributed by atoms with Crippen LogP contribution in [0.1, 0.15) is 28.4 Å². The molecule has 0 saturated heterocycles. The van der Waals surface area contributed by atoms with Crippen LogP contribution >= 0.6 is 0 Å². The van der Waals surface area contributed by atoms with E-state index in [0.717, 1.165) is 17.7 Å². The normalized spacial score (nSPS) is 15.3. The van der Waals surface area contributed by atoms with Gasteiger partial charge in [-0.1, -0.05) is 12.1 Å². The Morgan fingerprint density at radius 2 is 1.97 bits per heavy atom. The van der Waals surface area contributed by atoms with Crippen molar-refractivity contribution in [3.05, 3.63) is 89.0 Å². The van der Waals surface area contributed by atoms with E-state index in [2.05, 4.69) is 5.32 Å². The lowest BCUT2D eigenvalue weighted by Crippen LogP contribution is -2.37. The van der Waals surface area contributed by atoms with Gasteiger partial charge in [0.15, 0.2) is 6.10 Å². The monoisotopic (exact) mass is 452 g/mol. The molecule has 3 aromatic carbocycles. The molecular weight excluding hydrogens is 430 g/mol. The standard InChI is InChI=1S/C25H22F2N2O4/c1-15-25(31)29(13-16-4-3-5-20(10-16)32-2)14-17-11-19(7-9-23(17)33-15)28-24(30)21-8-6-18(26)12-22(21)27/h3-12,15H,13-14H2,1-2H3,(H,28,30)/t15-/m1/s1. The number of rotatable bonds is 5. The van der Waals surface area contributed by atoms with Crippen LogP contribution in [0.15, 0.2) is 60.7 Å². The number of nitrogens with one attached hydrogen (secondary N) is 1. The third-order valence-electron chi connectivity index (χ3n) is 5.33. The van der Waals surface area contributed by atoms with Gasteiger partial charge in [-0.2, -0.15) is 0 Å². The van der Waals surface area contributed by atoms with Crippen LogP contribution in [-0.4, -0.2) is 29.9 Å². The molecule has 0 aliphatic carbocycles. The first-order valence-corrected chi connectivity index (χ1v) is 10.3. The molecule has 1 aliphatic rings. The molecule has 0 unspecified atom stereocenters. The smallest absolute Gasteiger partial charge is 0.263 e. The summed E-state index contributed by atoms with van der Waals surface area (Å²) in [6.07, 6.45) is -0.689. The fraction of sp³-hybridized carbons (Fsp3) is 0.200. The molecule has 1 aliphatic heterocycles. The summed E-state index contributed by atoms with van der Waals surface area (Å²) in [4.78, 5) is 27.0. The maximum Gasteiger partial charge on any atom is 0.263 e. The number of carbonyl (C=O) groups is 2. The van der Waals surface area contributed by atoms with Crippen molar-refractivity contribution in [3.63, 3.8) is 0 Å². The number of fused-ring (bicyclic) bond motifs is 1. The molecule has 1 N–H and O–H groups in total. The molecule has 0 saturated carbocycles. The average molecular weight is 452 g/mol. The van der Waals surface area contributed by atoms with Crippen LogP contribution in [-0.2, 0) is 17.9 Å². The molecule has 8 heteroatoms. The van der Waals surface area contributed by atoms with Crippen LogP contribution in [0, 0.1) is 11.6 Å². The highest BCUT2D eigenvalue weighted by molar-refractivity contribution is 6.04. The Labute approximate surface area is 189 Å². The largest absolute Gasteiger partial charge is 0.497 e. The van der Waals surface area contributed by atoms with E-state index in [9.17, 15) is 18.4 Å². The lowest BCUT2D eigenvalue weighted by molar-refractivity contribution is -0.138. The van der Waals surface area contributed by atoms with Gasteiger partial charge in [0.05, 0.1) is 12.7 Å². The van der Waals surface area contributed by atoms with Crippen molar-refractivity contribution in [3.8, 4) is 11.5 Å². The molecule has 0 spiro atoms. The zero-order valence-electron chi connectivity index (χ0n) is 18.1. The molecule has 0 bridgehead atoms. The first-order valence-electron chi connectivity index (χ1n) is 10.3. The van der Waals surface area contributed by atoms with Crippen LogP contribution in [0.25, 0.3) is 0 Å². The summed E-state index contributed by atoms with van der Waals surface area (Å²) >= 11 is 0. The van der Waals surface area contributed by atoms with Crippen molar-refractivity contribution in [2.75, 3.05) is 12.4 Å². The fourth-order valence-corrected chi connectivity index (χ4v) is 3.67. The van der Waals surface area contributed by atoms with Crippen molar-refractivity contribution < 1.29 is 27.8 Å². The summed E-state index contributed by atoms with van der Waals surface area (Å²) in [6.45, 7) is 2.29. The molecule has 1 atom stereocenters. The lowest BCUT2D eigenvalue weighted by Gasteiger charge is -2.22. The molecular formula is C25H22F2N2O4. The van der Waals surface area contributed by atoms with Crippen molar-refractivity contribution in [2.24, 2.45) is 0 Å². The van der Waals surface area contributed by atoms with E-state index in [-0.39, 0.29) is 18.0 Å². The van der Waals surface area contributed by atoms with Gasteiger partial charge in [0.1, 0.15) is 23.1 Å². The Hall–Kier alpha value is -3.94. The predicted molar refractivity (Wildman–Crippen MR) is 118 cm³/mol. The molecule has 3 aromatic rings. The minimum Gasteiger partial charge on any atom is -0.497 e. The van der Waals surface area contributed by atoms with Crippen molar-refractivity contribution in [2.45, 2.75) is 26.1 Å². The number of ether oxygens (including phenoxy) is 2. The number of amides is 2. The highest BCUT2D eigenvalue weighted by atomic mass is 19.1. The van der Waals surface area contributed by atoms with E-state index in [1.165, 1.54) is 0 Å². The molecule has 0 fully saturated rings. The SMILES string of the molecule is COc1cccc(CN2Cc3cc(NC(=O)c4ccc(F)cc4F)ccc3O[C@H](C)C2=O)c1. The van der Waals surface area contributed by atoms with Gasteiger partial charge in [0.25, 0.3) is 11.8 Å². The van der Waals surface area contributed by atoms with E-state index in [0.29, 0.717) is 35.4 Å². The van der Waals surface area contributed by atoms with Crippen LogP contribution in [0.4, 0.5) is 14.5 Å². The molecule has 0 radical (unpaired) electrons. The fourth-order valence-electron chi connectivity index (χ4n) is 3.67. The van der Waals surface area contributed by atoms with Crippen molar-refractivity contribution in [1.29, 1.82) is 0 Å². The number of nitrogens with zero attached hydrogens (tertiary/aromatic N) is 1. The summed E-state index contributed by atoms with van der Waals surface area (Å²) in [6, 6.07) is 15.1. The minimum absolute atomic E-state index is 0.173. The van der Waals surface area contributed by atoms with Crippen LogP contribution in [0.3, 0.4) is 0 Å². The molecule has 4 rings (SSSR count).